The minimum Gasteiger partial charge on any atom is -0.463 e. The minimum absolute atomic E-state index is 0.0222. The molecule has 1 aromatic rings. The van der Waals surface area contributed by atoms with E-state index >= 15 is 0 Å². The number of halogens is 2. The zero-order valence-corrected chi connectivity index (χ0v) is 37.0. The molecule has 25 heteroatoms. The molecule has 0 bridgehead atoms. The predicted molar refractivity (Wildman–Crippen MR) is 218 cm³/mol. The molecule has 2 saturated heterocycles. The Morgan fingerprint density at radius 3 is 2.23 bits per heavy atom. The van der Waals surface area contributed by atoms with Gasteiger partial charge in [0.05, 0.1) is 10.3 Å². The number of benzene rings is 2. The van der Waals surface area contributed by atoms with Gasteiger partial charge in [0.2, 0.25) is 29.5 Å². The average Bonchev–Trinajstić information content (AvgIpc) is 3.45. The van der Waals surface area contributed by atoms with E-state index in [-0.39, 0.29) is 65.7 Å². The first-order valence-corrected chi connectivity index (χ1v) is 20.9. The van der Waals surface area contributed by atoms with E-state index in [2.05, 4.69) is 10.3 Å². The van der Waals surface area contributed by atoms with Gasteiger partial charge in [-0.1, -0.05) is 23.4 Å². The van der Waals surface area contributed by atoms with Gasteiger partial charge in [0, 0.05) is 67.1 Å². The van der Waals surface area contributed by atoms with Crippen molar-refractivity contribution in [2.24, 2.45) is 0 Å². The van der Waals surface area contributed by atoms with Gasteiger partial charge in [-0.25, -0.2) is 9.37 Å². The summed E-state index contributed by atoms with van der Waals surface area (Å²) in [6.07, 6.45) is -7.26. The number of nitrogens with zero attached hydrogens (tertiary/aromatic N) is 2. The molecule has 0 saturated carbocycles. The number of likely N-dealkylation sites (tertiary alicyclic amines) is 1. The highest BCUT2D eigenvalue weighted by atomic mass is 35.5. The predicted octanol–water partition coefficient (Wildman–Crippen LogP) is 2.06. The summed E-state index contributed by atoms with van der Waals surface area (Å²) in [5.41, 5.74) is -3.12. The first-order valence-electron chi connectivity index (χ1n) is 19.5. The Morgan fingerprint density at radius 1 is 0.938 bits per heavy atom. The van der Waals surface area contributed by atoms with Crippen molar-refractivity contribution in [1.29, 1.82) is 0 Å². The largest absolute Gasteiger partial charge is 0.463 e. The van der Waals surface area contributed by atoms with Crippen LogP contribution in [0.4, 0.5) is 4.39 Å². The number of esters is 5. The summed E-state index contributed by atoms with van der Waals surface area (Å²) >= 11 is 7.15. The van der Waals surface area contributed by atoms with Gasteiger partial charge < -0.3 is 48.2 Å². The van der Waals surface area contributed by atoms with Crippen LogP contribution in [-0.4, -0.2) is 124 Å². The highest BCUT2D eigenvalue weighted by Crippen LogP contribution is 2.42. The molecule has 3 aliphatic heterocycles. The lowest BCUT2D eigenvalue weighted by Gasteiger charge is -2.49. The lowest BCUT2D eigenvalue weighted by molar-refractivity contribution is -0.389. The number of aromatic nitrogens is 1. The van der Waals surface area contributed by atoms with Crippen LogP contribution in [0.15, 0.2) is 33.5 Å². The van der Waals surface area contributed by atoms with Crippen molar-refractivity contribution >= 4 is 87.9 Å². The SMILES string of the molecule is CC(=O)NC(F)SC1CC(=O)N(CCCCNC(=O)c2c3oc4cc(OC5OC(COC(C)=O)C(OC(C)=O)C(OC(C)=O)C5(OC(C)=O)OC(C)=O)c(Cl)cc4nc-3ccc2=O)C1=O. The van der Waals surface area contributed by atoms with Gasteiger partial charge in [-0.3, -0.25) is 52.8 Å². The van der Waals surface area contributed by atoms with Crippen molar-refractivity contribution in [1.82, 2.24) is 20.5 Å². The van der Waals surface area contributed by atoms with Crippen LogP contribution in [0.25, 0.3) is 22.6 Å². The number of unbranched alkanes of at least 4 members (excludes halogenated alkanes) is 1. The van der Waals surface area contributed by atoms with E-state index in [0.717, 1.165) is 58.6 Å². The molecule has 0 spiro atoms. The quantitative estimate of drug-likeness (QED) is 0.0372. The molecule has 5 rings (SSSR count). The van der Waals surface area contributed by atoms with Crippen LogP contribution in [0, 0.1) is 0 Å². The van der Waals surface area contributed by atoms with E-state index in [4.69, 9.17) is 49.2 Å². The Morgan fingerprint density at radius 2 is 1.62 bits per heavy atom. The third-order valence-corrected chi connectivity index (χ3v) is 10.6. The maximum Gasteiger partial charge on any atom is 0.360 e. The number of amides is 4. The molecule has 22 nitrogen and oxygen atoms in total. The minimum atomic E-state index is -2.88. The molecule has 0 aromatic heterocycles. The van der Waals surface area contributed by atoms with Crippen LogP contribution in [0.2, 0.25) is 5.02 Å². The first-order chi connectivity index (χ1) is 30.6. The number of imide groups is 1. The molecule has 0 radical (unpaired) electrons. The van der Waals surface area contributed by atoms with Crippen molar-refractivity contribution in [2.75, 3.05) is 19.7 Å². The zero-order chi connectivity index (χ0) is 47.9. The highest BCUT2D eigenvalue weighted by Gasteiger charge is 2.67. The standard InChI is InChI=1S/C40H42ClFN4O18S/c1-17(47)44-39(42)65-30-15-31(54)46(37(30)56)12-8-7-11-43-36(55)32-26(53)10-9-24-33(32)60-28-14-27(23(41)13-25(28)45-24)61-38-40(63-21(5)51,64-22(6)52)35(59-20(4)50)34(58-19(3)49)29(62-38)16-57-18(2)48/h9-10,13-14,29-30,34-35,38-39H,7-8,11-12,15-16H2,1-6H3,(H,43,55)(H,44,47). The fourth-order valence-corrected chi connectivity index (χ4v) is 8.00. The number of alkyl halides is 1. The molecular formula is C40H42ClFN4O18S. The fourth-order valence-electron chi connectivity index (χ4n) is 6.79. The maximum atomic E-state index is 14.1. The van der Waals surface area contributed by atoms with Gasteiger partial charge in [-0.05, 0) is 31.0 Å². The molecule has 6 unspecified atom stereocenters. The van der Waals surface area contributed by atoms with Gasteiger partial charge in [0.15, 0.2) is 22.9 Å². The highest BCUT2D eigenvalue weighted by molar-refractivity contribution is 8.01. The van der Waals surface area contributed by atoms with E-state index in [1.165, 1.54) is 12.1 Å². The number of thioether (sulfide) groups is 1. The Kier molecular flexibility index (Phi) is 16.1. The number of fused-ring (bicyclic) bond motifs is 2. The van der Waals surface area contributed by atoms with Gasteiger partial charge in [0.1, 0.15) is 35.2 Å². The van der Waals surface area contributed by atoms with Gasteiger partial charge in [-0.15, -0.1) is 0 Å². The summed E-state index contributed by atoms with van der Waals surface area (Å²) < 4.78 is 59.2. The number of hydrogen-bond acceptors (Lipinski definition) is 20. The molecule has 3 heterocycles. The lowest BCUT2D eigenvalue weighted by atomic mass is 9.94. The molecule has 4 aliphatic rings. The smallest absolute Gasteiger partial charge is 0.360 e. The molecular weight excluding hydrogens is 911 g/mol. The molecule has 350 valence electrons. The summed E-state index contributed by atoms with van der Waals surface area (Å²) in [6.45, 7) is 5.22. The van der Waals surface area contributed by atoms with Crippen LogP contribution in [0.3, 0.4) is 0 Å². The summed E-state index contributed by atoms with van der Waals surface area (Å²) in [7, 11) is 0. The Balaban J connectivity index is 1.42. The monoisotopic (exact) mass is 952 g/mol. The van der Waals surface area contributed by atoms with Crippen molar-refractivity contribution in [3.8, 4) is 17.2 Å². The van der Waals surface area contributed by atoms with E-state index in [1.54, 1.807) is 0 Å². The van der Waals surface area contributed by atoms with Gasteiger partial charge >= 0.3 is 35.6 Å². The average molecular weight is 953 g/mol. The molecule has 1 aromatic carbocycles. The molecule has 2 N–H and O–H groups in total. The molecule has 1 aliphatic carbocycles. The molecule has 65 heavy (non-hydrogen) atoms. The Bertz CT molecular complexity index is 2420. The first kappa shape index (κ1) is 49.6. The third-order valence-electron chi connectivity index (χ3n) is 9.26. The second-order valence-electron chi connectivity index (χ2n) is 14.4. The van der Waals surface area contributed by atoms with Crippen molar-refractivity contribution in [2.45, 2.75) is 102 Å². The second-order valence-corrected chi connectivity index (χ2v) is 16.0. The maximum absolute atomic E-state index is 14.1. The van der Waals surface area contributed by atoms with Crippen LogP contribution in [0.5, 0.6) is 5.75 Å². The second kappa shape index (κ2) is 21.1. The van der Waals surface area contributed by atoms with E-state index in [9.17, 15) is 52.3 Å². The normalized spacial score (nSPS) is 20.7. The summed E-state index contributed by atoms with van der Waals surface area (Å²) in [4.78, 5) is 130. The third kappa shape index (κ3) is 12.0. The molecule has 6 atom stereocenters. The molecule has 2 fully saturated rings. The van der Waals surface area contributed by atoms with Crippen molar-refractivity contribution in [3.63, 3.8) is 0 Å². The topological polar surface area (TPSA) is 289 Å². The van der Waals surface area contributed by atoms with E-state index in [0.29, 0.717) is 11.8 Å². The number of carbonyl (C=O) groups is 9. The lowest BCUT2D eigenvalue weighted by Crippen LogP contribution is -2.72. The Labute approximate surface area is 376 Å². The fraction of sp³-hybridized carbons (Fsp3) is 0.475. The number of rotatable bonds is 17. The number of nitrogens with one attached hydrogen (secondary N) is 2. The number of ether oxygens (including phenoxy) is 7. The van der Waals surface area contributed by atoms with E-state index < -0.39 is 112 Å². The van der Waals surface area contributed by atoms with Crippen molar-refractivity contribution in [3.05, 3.63) is 45.1 Å². The zero-order valence-electron chi connectivity index (χ0n) is 35.4. The number of hydrogen-bond donors (Lipinski definition) is 2. The van der Waals surface area contributed by atoms with Crippen molar-refractivity contribution < 1.29 is 85.1 Å². The number of carbonyl (C=O) groups excluding carboxylic acids is 9. The molecule has 4 amide bonds. The van der Waals surface area contributed by atoms with Gasteiger partial charge in [-0.2, -0.15) is 0 Å². The van der Waals surface area contributed by atoms with Crippen LogP contribution in [0.1, 0.15) is 71.2 Å². The van der Waals surface area contributed by atoms with Crippen LogP contribution in [-0.2, 0) is 66.8 Å². The van der Waals surface area contributed by atoms with Crippen LogP contribution >= 0.6 is 23.4 Å². The summed E-state index contributed by atoms with van der Waals surface area (Å²) in [5, 5.41) is 3.37. The summed E-state index contributed by atoms with van der Waals surface area (Å²) in [6, 6.07) is 4.78. The summed E-state index contributed by atoms with van der Waals surface area (Å²) in [5.74, 6) is -11.2. The van der Waals surface area contributed by atoms with E-state index in [1.807, 2.05) is 5.32 Å². The Hall–Kier alpha value is -6.40. The van der Waals surface area contributed by atoms with Gasteiger partial charge in [0.25, 0.3) is 12.2 Å². The van der Waals surface area contributed by atoms with Crippen LogP contribution < -0.4 is 20.8 Å².